The number of aryl methyl sites for hydroxylation is 1. The van der Waals surface area contributed by atoms with E-state index >= 15 is 0 Å². The lowest BCUT2D eigenvalue weighted by molar-refractivity contribution is 0.159. The molecule has 2 aromatic rings. The average molecular weight is 259 g/mol. The molecule has 0 atom stereocenters. The summed E-state index contributed by atoms with van der Waals surface area (Å²) in [6, 6.07) is 6.45. The standard InChI is InChI=1S/C14H14FN3O/c1-10-6-16-14(17-7-10)18-8-11(9-18)19-13-5-3-2-4-12(13)15/h2-7,11H,8-9H2,1H3. The number of hydrogen-bond acceptors (Lipinski definition) is 4. The summed E-state index contributed by atoms with van der Waals surface area (Å²) >= 11 is 0. The highest BCUT2D eigenvalue weighted by molar-refractivity contribution is 5.35. The van der Waals surface area contributed by atoms with Crippen LogP contribution in [0.3, 0.4) is 0 Å². The van der Waals surface area contributed by atoms with Gasteiger partial charge in [0, 0.05) is 12.4 Å². The number of rotatable bonds is 3. The van der Waals surface area contributed by atoms with Crippen molar-refractivity contribution in [2.45, 2.75) is 13.0 Å². The molecule has 98 valence electrons. The van der Waals surface area contributed by atoms with Gasteiger partial charge in [0.15, 0.2) is 11.6 Å². The molecule has 1 saturated heterocycles. The van der Waals surface area contributed by atoms with Crippen molar-refractivity contribution >= 4 is 5.95 Å². The van der Waals surface area contributed by atoms with E-state index < -0.39 is 0 Å². The van der Waals surface area contributed by atoms with Crippen molar-refractivity contribution in [1.29, 1.82) is 0 Å². The number of hydrogen-bond donors (Lipinski definition) is 0. The summed E-state index contributed by atoms with van der Waals surface area (Å²) in [4.78, 5) is 10.5. The SMILES string of the molecule is Cc1cnc(N2CC(Oc3ccccc3F)C2)nc1. The van der Waals surface area contributed by atoms with Crippen LogP contribution in [-0.2, 0) is 0 Å². The second-order valence-electron chi connectivity index (χ2n) is 4.64. The van der Waals surface area contributed by atoms with E-state index in [1.165, 1.54) is 6.07 Å². The molecule has 4 nitrogen and oxygen atoms in total. The fourth-order valence-electron chi connectivity index (χ4n) is 1.94. The van der Waals surface area contributed by atoms with E-state index in [4.69, 9.17) is 4.74 Å². The largest absolute Gasteiger partial charge is 0.484 e. The van der Waals surface area contributed by atoms with Crippen LogP contribution in [0.25, 0.3) is 0 Å². The van der Waals surface area contributed by atoms with Gasteiger partial charge in [0.1, 0.15) is 6.10 Å². The Hall–Kier alpha value is -2.17. The van der Waals surface area contributed by atoms with Gasteiger partial charge in [-0.2, -0.15) is 0 Å². The minimum absolute atomic E-state index is 0.0122. The maximum absolute atomic E-state index is 13.4. The van der Waals surface area contributed by atoms with Crippen molar-refractivity contribution in [2.24, 2.45) is 0 Å². The molecule has 0 spiro atoms. The highest BCUT2D eigenvalue weighted by Crippen LogP contribution is 2.23. The first-order valence-electron chi connectivity index (χ1n) is 6.17. The number of benzene rings is 1. The van der Waals surface area contributed by atoms with E-state index in [2.05, 4.69) is 9.97 Å². The average Bonchev–Trinajstić information content (AvgIpc) is 2.37. The van der Waals surface area contributed by atoms with Crippen LogP contribution < -0.4 is 9.64 Å². The monoisotopic (exact) mass is 259 g/mol. The zero-order valence-corrected chi connectivity index (χ0v) is 10.6. The first kappa shape index (κ1) is 11.9. The highest BCUT2D eigenvalue weighted by atomic mass is 19.1. The summed E-state index contributed by atoms with van der Waals surface area (Å²) in [6.07, 6.45) is 3.56. The van der Waals surface area contributed by atoms with Crippen LogP contribution in [0.4, 0.5) is 10.3 Å². The number of anilines is 1. The Labute approximate surface area is 110 Å². The maximum Gasteiger partial charge on any atom is 0.225 e. The summed E-state index contributed by atoms with van der Waals surface area (Å²) in [7, 11) is 0. The van der Waals surface area contributed by atoms with Crippen molar-refractivity contribution in [3.63, 3.8) is 0 Å². The Balaban J connectivity index is 1.58. The molecule has 1 aromatic heterocycles. The van der Waals surface area contributed by atoms with Gasteiger partial charge in [-0.05, 0) is 24.6 Å². The Morgan fingerprint density at radius 3 is 2.58 bits per heavy atom. The summed E-state index contributed by atoms with van der Waals surface area (Å²) in [6.45, 7) is 3.30. The molecule has 5 heteroatoms. The van der Waals surface area contributed by atoms with Gasteiger partial charge in [-0.25, -0.2) is 14.4 Å². The summed E-state index contributed by atoms with van der Waals surface area (Å²) in [5.74, 6) is 0.670. The number of halogens is 1. The lowest BCUT2D eigenvalue weighted by atomic mass is 10.2. The minimum atomic E-state index is -0.326. The number of nitrogens with zero attached hydrogens (tertiary/aromatic N) is 3. The van der Waals surface area contributed by atoms with Crippen molar-refractivity contribution in [1.82, 2.24) is 9.97 Å². The Morgan fingerprint density at radius 1 is 1.21 bits per heavy atom. The highest BCUT2D eigenvalue weighted by Gasteiger charge is 2.30. The number of ether oxygens (including phenoxy) is 1. The molecular formula is C14H14FN3O. The molecule has 0 N–H and O–H groups in total. The molecule has 0 unspecified atom stereocenters. The van der Waals surface area contributed by atoms with E-state index in [0.717, 1.165) is 5.56 Å². The second-order valence-corrected chi connectivity index (χ2v) is 4.64. The third-order valence-corrected chi connectivity index (χ3v) is 3.03. The van der Waals surface area contributed by atoms with Crippen molar-refractivity contribution in [3.8, 4) is 5.75 Å². The van der Waals surface area contributed by atoms with Crippen molar-refractivity contribution < 1.29 is 9.13 Å². The van der Waals surface area contributed by atoms with Crippen LogP contribution in [-0.4, -0.2) is 29.2 Å². The van der Waals surface area contributed by atoms with E-state index in [1.54, 1.807) is 30.6 Å². The quantitative estimate of drug-likeness (QED) is 0.847. The Kier molecular flexibility index (Phi) is 3.03. The van der Waals surface area contributed by atoms with E-state index in [-0.39, 0.29) is 11.9 Å². The molecule has 0 aliphatic carbocycles. The minimum Gasteiger partial charge on any atom is -0.484 e. The van der Waals surface area contributed by atoms with E-state index in [0.29, 0.717) is 24.8 Å². The zero-order chi connectivity index (χ0) is 13.2. The molecule has 0 saturated carbocycles. The smallest absolute Gasteiger partial charge is 0.225 e. The van der Waals surface area contributed by atoms with Crippen LogP contribution >= 0.6 is 0 Å². The van der Waals surface area contributed by atoms with E-state index in [1.807, 2.05) is 11.8 Å². The third kappa shape index (κ3) is 2.50. The van der Waals surface area contributed by atoms with Gasteiger partial charge in [0.2, 0.25) is 5.95 Å². The second kappa shape index (κ2) is 4.84. The van der Waals surface area contributed by atoms with E-state index in [9.17, 15) is 4.39 Å². The van der Waals surface area contributed by atoms with Crippen LogP contribution in [0.5, 0.6) is 5.75 Å². The molecule has 0 bridgehead atoms. The van der Waals surface area contributed by atoms with Gasteiger partial charge in [-0.3, -0.25) is 0 Å². The van der Waals surface area contributed by atoms with Gasteiger partial charge >= 0.3 is 0 Å². The zero-order valence-electron chi connectivity index (χ0n) is 10.6. The molecule has 1 aliphatic rings. The fourth-order valence-corrected chi connectivity index (χ4v) is 1.94. The third-order valence-electron chi connectivity index (χ3n) is 3.03. The van der Waals surface area contributed by atoms with Crippen molar-refractivity contribution in [2.75, 3.05) is 18.0 Å². The molecule has 2 heterocycles. The van der Waals surface area contributed by atoms with Gasteiger partial charge in [0.05, 0.1) is 13.1 Å². The lowest BCUT2D eigenvalue weighted by Gasteiger charge is -2.38. The van der Waals surface area contributed by atoms with Gasteiger partial charge in [-0.15, -0.1) is 0 Å². The first-order valence-corrected chi connectivity index (χ1v) is 6.17. The molecule has 3 rings (SSSR count). The lowest BCUT2D eigenvalue weighted by Crippen LogP contribution is -2.54. The summed E-state index contributed by atoms with van der Waals surface area (Å²) in [5, 5.41) is 0. The molecule has 1 aromatic carbocycles. The number of para-hydroxylation sites is 1. The molecule has 0 amide bonds. The van der Waals surface area contributed by atoms with Gasteiger partial charge in [-0.1, -0.05) is 12.1 Å². The predicted molar refractivity (Wildman–Crippen MR) is 69.8 cm³/mol. The molecule has 1 aliphatic heterocycles. The van der Waals surface area contributed by atoms with Crippen LogP contribution in [0.1, 0.15) is 5.56 Å². The predicted octanol–water partition coefficient (Wildman–Crippen LogP) is 2.19. The normalized spacial score (nSPS) is 15.2. The summed E-state index contributed by atoms with van der Waals surface area (Å²) < 4.78 is 19.0. The van der Waals surface area contributed by atoms with Crippen LogP contribution in [0.2, 0.25) is 0 Å². The summed E-state index contributed by atoms with van der Waals surface area (Å²) in [5.41, 5.74) is 1.03. The first-order chi connectivity index (χ1) is 9.22. The van der Waals surface area contributed by atoms with Crippen LogP contribution in [0, 0.1) is 12.7 Å². The molecular weight excluding hydrogens is 245 g/mol. The van der Waals surface area contributed by atoms with Gasteiger partial charge in [0.25, 0.3) is 0 Å². The van der Waals surface area contributed by atoms with Crippen molar-refractivity contribution in [3.05, 3.63) is 48.0 Å². The Bertz CT molecular complexity index is 567. The topological polar surface area (TPSA) is 38.2 Å². The number of aromatic nitrogens is 2. The van der Waals surface area contributed by atoms with Crippen LogP contribution in [0.15, 0.2) is 36.7 Å². The maximum atomic E-state index is 13.4. The fraction of sp³-hybridized carbons (Fsp3) is 0.286. The molecule has 19 heavy (non-hydrogen) atoms. The Morgan fingerprint density at radius 2 is 1.89 bits per heavy atom. The molecule has 1 fully saturated rings. The van der Waals surface area contributed by atoms with Gasteiger partial charge < -0.3 is 9.64 Å². The molecule has 0 radical (unpaired) electrons.